The van der Waals surface area contributed by atoms with Crippen LogP contribution >= 0.6 is 22.6 Å². The number of carbonyl (C=O) groups excluding carboxylic acids is 1. The van der Waals surface area contributed by atoms with Gasteiger partial charge in [-0.05, 0) is 18.6 Å². The fourth-order valence-corrected chi connectivity index (χ4v) is 1.03. The number of rotatable bonds is 4. The van der Waals surface area contributed by atoms with E-state index in [0.29, 0.717) is 10.5 Å². The van der Waals surface area contributed by atoms with Crippen molar-refractivity contribution in [2.45, 2.75) is 17.3 Å². The van der Waals surface area contributed by atoms with Gasteiger partial charge in [0.2, 0.25) is 5.76 Å². The molecule has 0 fully saturated rings. The standard InChI is InChI=1S/C9H11IO3/c1-7(10)4-6-13-9(11)8-3-2-5-12-8/h2-3,5,7H,4,6H2,1H3. The molecule has 0 saturated carbocycles. The molecule has 4 heteroatoms. The summed E-state index contributed by atoms with van der Waals surface area (Å²) >= 11 is 2.29. The van der Waals surface area contributed by atoms with Gasteiger partial charge in [0.05, 0.1) is 12.9 Å². The highest BCUT2D eigenvalue weighted by Gasteiger charge is 2.09. The van der Waals surface area contributed by atoms with Crippen LogP contribution in [0.25, 0.3) is 0 Å². The Morgan fingerprint density at radius 1 is 1.77 bits per heavy atom. The lowest BCUT2D eigenvalue weighted by molar-refractivity contribution is 0.0466. The van der Waals surface area contributed by atoms with Crippen LogP contribution in [0.4, 0.5) is 0 Å². The van der Waals surface area contributed by atoms with Crippen LogP contribution in [0.2, 0.25) is 0 Å². The number of furan rings is 1. The summed E-state index contributed by atoms with van der Waals surface area (Å²) in [6.45, 7) is 2.52. The van der Waals surface area contributed by atoms with Crippen LogP contribution in [-0.4, -0.2) is 16.5 Å². The molecule has 1 heterocycles. The molecule has 72 valence electrons. The molecule has 0 N–H and O–H groups in total. The summed E-state index contributed by atoms with van der Waals surface area (Å²) in [6.07, 6.45) is 2.32. The average molecular weight is 294 g/mol. The van der Waals surface area contributed by atoms with E-state index in [0.717, 1.165) is 6.42 Å². The van der Waals surface area contributed by atoms with Gasteiger partial charge in [0.15, 0.2) is 0 Å². The molecule has 0 aliphatic heterocycles. The quantitative estimate of drug-likeness (QED) is 0.487. The highest BCUT2D eigenvalue weighted by molar-refractivity contribution is 14.1. The Morgan fingerprint density at radius 2 is 2.54 bits per heavy atom. The molecule has 0 aliphatic carbocycles. The zero-order valence-corrected chi connectivity index (χ0v) is 9.48. The van der Waals surface area contributed by atoms with Crippen LogP contribution in [0.15, 0.2) is 22.8 Å². The molecule has 0 aromatic carbocycles. The van der Waals surface area contributed by atoms with E-state index in [1.165, 1.54) is 6.26 Å². The van der Waals surface area contributed by atoms with Crippen LogP contribution in [0.1, 0.15) is 23.9 Å². The van der Waals surface area contributed by atoms with E-state index in [1.807, 2.05) is 0 Å². The van der Waals surface area contributed by atoms with E-state index >= 15 is 0 Å². The van der Waals surface area contributed by atoms with Crippen LogP contribution in [-0.2, 0) is 4.74 Å². The normalized spacial score (nSPS) is 12.5. The molecule has 1 atom stereocenters. The van der Waals surface area contributed by atoms with Gasteiger partial charge in [-0.3, -0.25) is 0 Å². The molecule has 0 bridgehead atoms. The first-order valence-electron chi connectivity index (χ1n) is 4.05. The van der Waals surface area contributed by atoms with Crippen molar-refractivity contribution in [2.75, 3.05) is 6.61 Å². The molecule has 1 aromatic heterocycles. The third-order valence-electron chi connectivity index (χ3n) is 1.47. The molecular formula is C9H11IO3. The number of halogens is 1. The zero-order chi connectivity index (χ0) is 9.68. The Hall–Kier alpha value is -0.520. The Bertz CT molecular complexity index is 254. The second kappa shape index (κ2) is 5.26. The van der Waals surface area contributed by atoms with Gasteiger partial charge in [0.25, 0.3) is 0 Å². The van der Waals surface area contributed by atoms with E-state index in [1.54, 1.807) is 12.1 Å². The van der Waals surface area contributed by atoms with Crippen LogP contribution in [0.5, 0.6) is 0 Å². The second-order valence-electron chi connectivity index (χ2n) is 2.68. The molecule has 13 heavy (non-hydrogen) atoms. The summed E-state index contributed by atoms with van der Waals surface area (Å²) in [7, 11) is 0. The number of esters is 1. The molecule has 0 aliphatic rings. The lowest BCUT2D eigenvalue weighted by Gasteiger charge is -2.03. The van der Waals surface area contributed by atoms with E-state index in [2.05, 4.69) is 29.5 Å². The fourth-order valence-electron chi connectivity index (χ4n) is 0.780. The smallest absolute Gasteiger partial charge is 0.374 e. The van der Waals surface area contributed by atoms with Gasteiger partial charge < -0.3 is 9.15 Å². The highest BCUT2D eigenvalue weighted by atomic mass is 127. The van der Waals surface area contributed by atoms with Gasteiger partial charge in [-0.2, -0.15) is 0 Å². The predicted molar refractivity (Wildman–Crippen MR) is 57.1 cm³/mol. The molecule has 1 unspecified atom stereocenters. The van der Waals surface area contributed by atoms with Crippen molar-refractivity contribution >= 4 is 28.6 Å². The van der Waals surface area contributed by atoms with Crippen LogP contribution < -0.4 is 0 Å². The highest BCUT2D eigenvalue weighted by Crippen LogP contribution is 2.06. The van der Waals surface area contributed by atoms with Gasteiger partial charge in [-0.1, -0.05) is 29.5 Å². The molecular weight excluding hydrogens is 283 g/mol. The van der Waals surface area contributed by atoms with E-state index in [4.69, 9.17) is 9.15 Å². The van der Waals surface area contributed by atoms with Crippen LogP contribution in [0.3, 0.4) is 0 Å². The maximum Gasteiger partial charge on any atom is 0.374 e. The van der Waals surface area contributed by atoms with Crippen molar-refractivity contribution in [1.29, 1.82) is 0 Å². The van der Waals surface area contributed by atoms with Crippen molar-refractivity contribution in [3.8, 4) is 0 Å². The average Bonchev–Trinajstić information content (AvgIpc) is 2.55. The summed E-state index contributed by atoms with van der Waals surface area (Å²) in [4.78, 5) is 11.2. The maximum absolute atomic E-state index is 11.2. The lowest BCUT2D eigenvalue weighted by atomic mass is 10.3. The van der Waals surface area contributed by atoms with Crippen molar-refractivity contribution in [2.24, 2.45) is 0 Å². The third kappa shape index (κ3) is 3.80. The number of carbonyl (C=O) groups is 1. The van der Waals surface area contributed by atoms with Gasteiger partial charge in [-0.25, -0.2) is 4.79 Å². The summed E-state index contributed by atoms with van der Waals surface area (Å²) in [5, 5.41) is 0. The minimum atomic E-state index is -0.387. The monoisotopic (exact) mass is 294 g/mol. The second-order valence-corrected chi connectivity index (χ2v) is 4.81. The first-order valence-corrected chi connectivity index (χ1v) is 5.29. The molecule has 1 aromatic rings. The minimum absolute atomic E-state index is 0.265. The largest absolute Gasteiger partial charge is 0.460 e. The Labute approximate surface area is 90.6 Å². The van der Waals surface area contributed by atoms with Gasteiger partial charge in [-0.15, -0.1) is 0 Å². The number of hydrogen-bond acceptors (Lipinski definition) is 3. The Balaban J connectivity index is 2.27. The number of hydrogen-bond donors (Lipinski definition) is 0. The third-order valence-corrected chi connectivity index (χ3v) is 2.09. The summed E-state index contributed by atoms with van der Waals surface area (Å²) in [5.41, 5.74) is 0. The molecule has 0 saturated heterocycles. The van der Waals surface area contributed by atoms with Crippen molar-refractivity contribution < 1.29 is 13.9 Å². The summed E-state index contributed by atoms with van der Waals surface area (Å²) in [5.74, 6) is -0.122. The maximum atomic E-state index is 11.2. The minimum Gasteiger partial charge on any atom is -0.460 e. The fraction of sp³-hybridized carbons (Fsp3) is 0.444. The van der Waals surface area contributed by atoms with Gasteiger partial charge in [0, 0.05) is 3.92 Å². The lowest BCUT2D eigenvalue weighted by Crippen LogP contribution is -2.07. The first-order chi connectivity index (χ1) is 6.20. The van der Waals surface area contributed by atoms with Crippen molar-refractivity contribution in [3.63, 3.8) is 0 Å². The first kappa shape index (κ1) is 10.6. The number of alkyl halides is 1. The molecule has 0 spiro atoms. The SMILES string of the molecule is CC(I)CCOC(=O)c1ccco1. The topological polar surface area (TPSA) is 39.4 Å². The molecule has 3 nitrogen and oxygen atoms in total. The van der Waals surface area contributed by atoms with Gasteiger partial charge in [0.1, 0.15) is 0 Å². The van der Waals surface area contributed by atoms with E-state index in [9.17, 15) is 4.79 Å². The summed E-state index contributed by atoms with van der Waals surface area (Å²) < 4.78 is 10.4. The van der Waals surface area contributed by atoms with Gasteiger partial charge >= 0.3 is 5.97 Å². The number of ether oxygens (including phenoxy) is 1. The predicted octanol–water partition coefficient (Wildman–Crippen LogP) is 2.65. The van der Waals surface area contributed by atoms with Crippen LogP contribution in [0, 0.1) is 0 Å². The molecule has 1 rings (SSSR count). The van der Waals surface area contributed by atoms with E-state index in [-0.39, 0.29) is 11.7 Å². The molecule has 0 amide bonds. The van der Waals surface area contributed by atoms with E-state index < -0.39 is 0 Å². The molecule has 0 radical (unpaired) electrons. The van der Waals surface area contributed by atoms with Crippen molar-refractivity contribution in [3.05, 3.63) is 24.2 Å². The zero-order valence-electron chi connectivity index (χ0n) is 7.33. The Kier molecular flexibility index (Phi) is 4.27. The summed E-state index contributed by atoms with van der Waals surface area (Å²) in [6, 6.07) is 3.26. The Morgan fingerprint density at radius 3 is 3.08 bits per heavy atom. The van der Waals surface area contributed by atoms with Crippen molar-refractivity contribution in [1.82, 2.24) is 0 Å².